The molecule has 0 aliphatic carbocycles. The molecule has 10 heteroatoms. The molecule has 0 fully saturated rings. The summed E-state index contributed by atoms with van der Waals surface area (Å²) in [6.45, 7) is 0.483. The minimum atomic E-state index is -3.91. The van der Waals surface area contributed by atoms with Gasteiger partial charge in [0.1, 0.15) is 17.3 Å². The fourth-order valence-corrected chi connectivity index (χ4v) is 5.05. The standard InChI is InChI=1S/C24H24FN3O4S.ClH/c1-26-14-16-15-28(33(29,30)20-6-4-5-18(12-20)31-2)24-11-17(7-9-21(16)24)27-23-10-8-19(32-3)13-22(23)25;/h4-13,15,26-27H,14H2,1-3H3;1H. The first-order valence-electron chi connectivity index (χ1n) is 10.2. The second-order valence-corrected chi connectivity index (χ2v) is 9.18. The quantitative estimate of drug-likeness (QED) is 0.354. The third-order valence-electron chi connectivity index (χ3n) is 5.27. The second-order valence-electron chi connectivity index (χ2n) is 7.37. The molecule has 4 rings (SSSR count). The van der Waals surface area contributed by atoms with E-state index in [4.69, 9.17) is 9.47 Å². The average Bonchev–Trinajstić information content (AvgIpc) is 3.19. The summed E-state index contributed by atoms with van der Waals surface area (Å²) in [5, 5.41) is 6.86. The highest BCUT2D eigenvalue weighted by molar-refractivity contribution is 7.90. The van der Waals surface area contributed by atoms with Crippen LogP contribution in [0.4, 0.5) is 15.8 Å². The molecule has 0 radical (unpaired) electrons. The number of rotatable bonds is 8. The van der Waals surface area contributed by atoms with Gasteiger partial charge in [0, 0.05) is 35.9 Å². The third kappa shape index (κ3) is 4.82. The van der Waals surface area contributed by atoms with Crippen LogP contribution in [0.15, 0.2) is 71.8 Å². The van der Waals surface area contributed by atoms with Crippen LogP contribution >= 0.6 is 12.4 Å². The molecule has 7 nitrogen and oxygen atoms in total. The molecule has 2 N–H and O–H groups in total. The number of nitrogens with one attached hydrogen (secondary N) is 2. The Balaban J connectivity index is 0.00000324. The fraction of sp³-hybridized carbons (Fsp3) is 0.167. The predicted molar refractivity (Wildman–Crippen MR) is 134 cm³/mol. The van der Waals surface area contributed by atoms with Gasteiger partial charge in [0.05, 0.1) is 30.3 Å². The van der Waals surface area contributed by atoms with Crippen LogP contribution in [0.1, 0.15) is 5.56 Å². The van der Waals surface area contributed by atoms with Crippen molar-refractivity contribution in [1.82, 2.24) is 9.29 Å². The Labute approximate surface area is 204 Å². The van der Waals surface area contributed by atoms with E-state index in [1.54, 1.807) is 49.6 Å². The molecule has 180 valence electrons. The zero-order chi connectivity index (χ0) is 23.6. The van der Waals surface area contributed by atoms with E-state index >= 15 is 0 Å². The molecule has 0 atom stereocenters. The number of hydrogen-bond donors (Lipinski definition) is 2. The number of methoxy groups -OCH3 is 2. The van der Waals surface area contributed by atoms with Gasteiger partial charge in [-0.15, -0.1) is 12.4 Å². The summed E-state index contributed by atoms with van der Waals surface area (Å²) in [5.41, 5.74) is 2.09. The highest BCUT2D eigenvalue weighted by atomic mass is 35.5. The lowest BCUT2D eigenvalue weighted by molar-refractivity contribution is 0.411. The molecule has 0 saturated heterocycles. The Kier molecular flexibility index (Phi) is 7.71. The Morgan fingerprint density at radius 1 is 0.971 bits per heavy atom. The number of ether oxygens (including phenoxy) is 2. The largest absolute Gasteiger partial charge is 0.497 e. The van der Waals surface area contributed by atoms with Crippen LogP contribution in [0.25, 0.3) is 10.9 Å². The van der Waals surface area contributed by atoms with Crippen LogP contribution < -0.4 is 20.1 Å². The van der Waals surface area contributed by atoms with Crippen molar-refractivity contribution in [3.05, 3.63) is 78.2 Å². The Bertz CT molecular complexity index is 1420. The minimum Gasteiger partial charge on any atom is -0.497 e. The number of anilines is 2. The van der Waals surface area contributed by atoms with Crippen molar-refractivity contribution in [3.8, 4) is 11.5 Å². The molecule has 0 spiro atoms. The molecule has 0 unspecified atom stereocenters. The average molecular weight is 506 g/mol. The van der Waals surface area contributed by atoms with Crippen molar-refractivity contribution < 1.29 is 22.3 Å². The van der Waals surface area contributed by atoms with Crippen molar-refractivity contribution in [1.29, 1.82) is 0 Å². The van der Waals surface area contributed by atoms with Gasteiger partial charge in [0.2, 0.25) is 0 Å². The lowest BCUT2D eigenvalue weighted by Gasteiger charge is -2.11. The van der Waals surface area contributed by atoms with Gasteiger partial charge in [0.25, 0.3) is 10.0 Å². The molecular weight excluding hydrogens is 481 g/mol. The molecule has 0 amide bonds. The second kappa shape index (κ2) is 10.3. The van der Waals surface area contributed by atoms with Crippen molar-refractivity contribution in [2.45, 2.75) is 11.4 Å². The summed E-state index contributed by atoms with van der Waals surface area (Å²) < 4.78 is 53.0. The molecule has 0 aliphatic rings. The number of nitrogens with zero attached hydrogens (tertiary/aromatic N) is 1. The van der Waals surface area contributed by atoms with E-state index in [2.05, 4.69) is 10.6 Å². The molecular formula is C24H25ClFN3O4S. The van der Waals surface area contributed by atoms with E-state index in [9.17, 15) is 12.8 Å². The van der Waals surface area contributed by atoms with Gasteiger partial charge in [-0.3, -0.25) is 0 Å². The molecule has 4 aromatic rings. The molecule has 0 aliphatic heterocycles. The maximum Gasteiger partial charge on any atom is 0.268 e. The third-order valence-corrected chi connectivity index (χ3v) is 6.94. The van der Waals surface area contributed by atoms with Gasteiger partial charge < -0.3 is 20.1 Å². The summed E-state index contributed by atoms with van der Waals surface area (Å²) in [6, 6.07) is 16.1. The number of benzene rings is 3. The van der Waals surface area contributed by atoms with Gasteiger partial charge in [0.15, 0.2) is 0 Å². The predicted octanol–water partition coefficient (Wildman–Crippen LogP) is 4.92. The summed E-state index contributed by atoms with van der Waals surface area (Å²) in [5.74, 6) is 0.369. The van der Waals surface area contributed by atoms with Crippen LogP contribution in [0.3, 0.4) is 0 Å². The van der Waals surface area contributed by atoms with E-state index in [1.807, 2.05) is 6.07 Å². The van der Waals surface area contributed by atoms with Crippen molar-refractivity contribution in [2.75, 3.05) is 26.6 Å². The van der Waals surface area contributed by atoms with Gasteiger partial charge in [-0.1, -0.05) is 12.1 Å². The lowest BCUT2D eigenvalue weighted by Crippen LogP contribution is -2.12. The fourth-order valence-electron chi connectivity index (χ4n) is 3.63. The summed E-state index contributed by atoms with van der Waals surface area (Å²) in [7, 11) is 0.834. The van der Waals surface area contributed by atoms with Crippen molar-refractivity contribution >= 4 is 44.7 Å². The molecule has 1 aromatic heterocycles. The first-order chi connectivity index (χ1) is 15.9. The van der Waals surface area contributed by atoms with E-state index < -0.39 is 15.8 Å². The van der Waals surface area contributed by atoms with Crippen LogP contribution in [0, 0.1) is 5.82 Å². The number of halogens is 2. The SMILES string of the molecule is CNCc1cn(S(=O)(=O)c2cccc(OC)c2)c2cc(Nc3ccc(OC)cc3F)ccc12.Cl. The van der Waals surface area contributed by atoms with Crippen molar-refractivity contribution in [2.24, 2.45) is 0 Å². The monoisotopic (exact) mass is 505 g/mol. The summed E-state index contributed by atoms with van der Waals surface area (Å²) >= 11 is 0. The zero-order valence-corrected chi connectivity index (χ0v) is 20.5. The molecule has 0 bridgehead atoms. The number of aromatic nitrogens is 1. The highest BCUT2D eigenvalue weighted by Gasteiger charge is 2.22. The van der Waals surface area contributed by atoms with E-state index in [-0.39, 0.29) is 23.0 Å². The molecule has 1 heterocycles. The molecule has 0 saturated carbocycles. The normalized spacial score (nSPS) is 11.2. The Morgan fingerprint density at radius 2 is 1.71 bits per heavy atom. The van der Waals surface area contributed by atoms with E-state index in [1.165, 1.54) is 36.4 Å². The first kappa shape index (κ1) is 25.4. The smallest absolute Gasteiger partial charge is 0.268 e. The highest BCUT2D eigenvalue weighted by Crippen LogP contribution is 2.31. The maximum atomic E-state index is 14.4. The zero-order valence-electron chi connectivity index (χ0n) is 18.8. The van der Waals surface area contributed by atoms with Crippen LogP contribution in [0.5, 0.6) is 11.5 Å². The summed E-state index contributed by atoms with van der Waals surface area (Å²) in [6.07, 6.45) is 1.60. The molecule has 3 aromatic carbocycles. The number of fused-ring (bicyclic) bond motifs is 1. The van der Waals surface area contributed by atoms with Crippen LogP contribution in [-0.4, -0.2) is 33.7 Å². The topological polar surface area (TPSA) is 81.6 Å². The maximum absolute atomic E-state index is 14.4. The van der Waals surface area contributed by atoms with Crippen molar-refractivity contribution in [3.63, 3.8) is 0 Å². The minimum absolute atomic E-state index is 0. The molecule has 34 heavy (non-hydrogen) atoms. The van der Waals surface area contributed by atoms with Gasteiger partial charge >= 0.3 is 0 Å². The van der Waals surface area contributed by atoms with E-state index in [0.29, 0.717) is 29.2 Å². The first-order valence-corrected chi connectivity index (χ1v) is 11.6. The van der Waals surface area contributed by atoms with Crippen LogP contribution in [0.2, 0.25) is 0 Å². The van der Waals surface area contributed by atoms with Gasteiger partial charge in [-0.05, 0) is 49.0 Å². The number of hydrogen-bond acceptors (Lipinski definition) is 6. The van der Waals surface area contributed by atoms with Gasteiger partial charge in [-0.2, -0.15) is 0 Å². The summed E-state index contributed by atoms with van der Waals surface area (Å²) in [4.78, 5) is 0.106. The van der Waals surface area contributed by atoms with E-state index in [0.717, 1.165) is 10.9 Å². The van der Waals surface area contributed by atoms with Gasteiger partial charge in [-0.25, -0.2) is 16.8 Å². The Hall–Kier alpha value is -3.27. The Morgan fingerprint density at radius 3 is 2.38 bits per heavy atom. The van der Waals surface area contributed by atoms with Crippen LogP contribution in [-0.2, 0) is 16.6 Å². The lowest BCUT2D eigenvalue weighted by atomic mass is 10.1.